The molecule has 0 saturated carbocycles. The quantitative estimate of drug-likeness (QED) is 0.830. The molecule has 1 aliphatic heterocycles. The Morgan fingerprint density at radius 1 is 1.50 bits per heavy atom. The largest absolute Gasteiger partial charge is 0.504 e. The molecule has 0 amide bonds. The molecule has 1 aromatic rings. The van der Waals surface area contributed by atoms with Crippen LogP contribution in [0.1, 0.15) is 12.0 Å². The van der Waals surface area contributed by atoms with Gasteiger partial charge in [0.25, 0.3) is 0 Å². The molecule has 0 spiro atoms. The van der Waals surface area contributed by atoms with E-state index in [0.29, 0.717) is 5.75 Å². The normalized spacial score (nSPS) is 20.2. The number of phenolic OH excluding ortho intramolecular Hbond substituents is 1. The molecule has 0 bridgehead atoms. The van der Waals surface area contributed by atoms with Crippen molar-refractivity contribution in [2.24, 2.45) is 5.92 Å². The number of nitrogens with one attached hydrogen (secondary N) is 1. The Balaban J connectivity index is 1.79. The second-order valence-electron chi connectivity index (χ2n) is 5.05. The molecule has 0 aromatic heterocycles. The first-order chi connectivity index (χ1) is 8.69. The minimum absolute atomic E-state index is 0.193. The number of hydrogen-bond donors (Lipinski definition) is 2. The Morgan fingerprint density at radius 3 is 3.00 bits per heavy atom. The molecule has 1 aromatic carbocycles. The molecule has 2 rings (SSSR count). The predicted molar refractivity (Wildman–Crippen MR) is 72.0 cm³/mol. The van der Waals surface area contributed by atoms with Gasteiger partial charge in [0.1, 0.15) is 0 Å². The lowest BCUT2D eigenvalue weighted by Gasteiger charge is -2.12. The van der Waals surface area contributed by atoms with Crippen LogP contribution in [0.25, 0.3) is 0 Å². The maximum Gasteiger partial charge on any atom is 0.160 e. The molecule has 100 valence electrons. The third-order valence-electron chi connectivity index (χ3n) is 3.50. The van der Waals surface area contributed by atoms with E-state index in [1.807, 2.05) is 12.1 Å². The van der Waals surface area contributed by atoms with E-state index in [1.165, 1.54) is 19.5 Å². The first kappa shape index (κ1) is 13.2. The van der Waals surface area contributed by atoms with Crippen LogP contribution in [-0.4, -0.2) is 43.8 Å². The van der Waals surface area contributed by atoms with Crippen molar-refractivity contribution in [2.45, 2.75) is 13.0 Å². The zero-order valence-corrected chi connectivity index (χ0v) is 11.1. The molecular formula is C14H22N2O2. The lowest BCUT2D eigenvalue weighted by atomic mass is 10.1. The van der Waals surface area contributed by atoms with Crippen molar-refractivity contribution in [3.05, 3.63) is 23.8 Å². The summed E-state index contributed by atoms with van der Waals surface area (Å²) in [6.07, 6.45) is 1.28. The maximum atomic E-state index is 9.51. The fourth-order valence-corrected chi connectivity index (χ4v) is 2.45. The van der Waals surface area contributed by atoms with Crippen LogP contribution in [0.5, 0.6) is 11.5 Å². The monoisotopic (exact) mass is 250 g/mol. The van der Waals surface area contributed by atoms with E-state index in [1.54, 1.807) is 13.2 Å². The van der Waals surface area contributed by atoms with Gasteiger partial charge in [0.15, 0.2) is 11.5 Å². The van der Waals surface area contributed by atoms with Crippen molar-refractivity contribution in [2.75, 3.05) is 33.8 Å². The number of benzene rings is 1. The number of likely N-dealkylation sites (tertiary alicyclic amines) is 1. The Labute approximate surface area is 109 Å². The summed E-state index contributed by atoms with van der Waals surface area (Å²) >= 11 is 0. The van der Waals surface area contributed by atoms with E-state index in [2.05, 4.69) is 17.3 Å². The zero-order valence-electron chi connectivity index (χ0n) is 11.1. The van der Waals surface area contributed by atoms with Crippen molar-refractivity contribution in [3.63, 3.8) is 0 Å². The maximum absolute atomic E-state index is 9.51. The van der Waals surface area contributed by atoms with Crippen LogP contribution >= 0.6 is 0 Å². The summed E-state index contributed by atoms with van der Waals surface area (Å²) in [5.41, 5.74) is 1.14. The van der Waals surface area contributed by atoms with Crippen LogP contribution in [0.4, 0.5) is 0 Å². The average Bonchev–Trinajstić information content (AvgIpc) is 2.77. The number of ether oxygens (including phenoxy) is 1. The minimum Gasteiger partial charge on any atom is -0.504 e. The molecule has 1 aliphatic rings. The highest BCUT2D eigenvalue weighted by molar-refractivity contribution is 5.41. The molecular weight excluding hydrogens is 228 g/mol. The molecule has 4 heteroatoms. The van der Waals surface area contributed by atoms with E-state index < -0.39 is 0 Å². The number of methoxy groups -OCH3 is 1. The van der Waals surface area contributed by atoms with Crippen molar-refractivity contribution >= 4 is 0 Å². The Hall–Kier alpha value is -1.26. The van der Waals surface area contributed by atoms with Gasteiger partial charge in [0.2, 0.25) is 0 Å². The molecule has 18 heavy (non-hydrogen) atoms. The van der Waals surface area contributed by atoms with Gasteiger partial charge in [-0.2, -0.15) is 0 Å². The summed E-state index contributed by atoms with van der Waals surface area (Å²) < 4.78 is 5.10. The van der Waals surface area contributed by atoms with Crippen molar-refractivity contribution in [1.82, 2.24) is 10.2 Å². The second kappa shape index (κ2) is 6.07. The van der Waals surface area contributed by atoms with Crippen molar-refractivity contribution in [1.29, 1.82) is 0 Å². The van der Waals surface area contributed by atoms with Gasteiger partial charge < -0.3 is 20.1 Å². The molecule has 1 heterocycles. The number of rotatable bonds is 5. The van der Waals surface area contributed by atoms with Gasteiger partial charge in [-0.3, -0.25) is 0 Å². The summed E-state index contributed by atoms with van der Waals surface area (Å²) in [7, 11) is 3.74. The molecule has 0 radical (unpaired) electrons. The smallest absolute Gasteiger partial charge is 0.160 e. The number of phenols is 1. The molecule has 1 saturated heterocycles. The van der Waals surface area contributed by atoms with Gasteiger partial charge in [-0.1, -0.05) is 6.07 Å². The predicted octanol–water partition coefficient (Wildman–Crippen LogP) is 1.44. The lowest BCUT2D eigenvalue weighted by Crippen LogP contribution is -2.24. The summed E-state index contributed by atoms with van der Waals surface area (Å²) in [6, 6.07) is 5.48. The van der Waals surface area contributed by atoms with Gasteiger partial charge in [-0.25, -0.2) is 0 Å². The number of nitrogens with zero attached hydrogens (tertiary/aromatic N) is 1. The van der Waals surface area contributed by atoms with E-state index in [-0.39, 0.29) is 5.75 Å². The molecule has 1 unspecified atom stereocenters. The second-order valence-corrected chi connectivity index (χ2v) is 5.05. The Morgan fingerprint density at radius 2 is 2.33 bits per heavy atom. The Bertz CT molecular complexity index is 395. The standard InChI is InChI=1S/C14H22N2O2/c1-16-6-5-12(10-16)9-15-8-11-3-4-13(17)14(7-11)18-2/h3-4,7,12,15,17H,5-6,8-10H2,1-2H3. The third kappa shape index (κ3) is 3.37. The summed E-state index contributed by atoms with van der Waals surface area (Å²) in [5.74, 6) is 1.49. The number of aromatic hydroxyl groups is 1. The molecule has 2 N–H and O–H groups in total. The van der Waals surface area contributed by atoms with Crippen LogP contribution in [0, 0.1) is 5.92 Å². The van der Waals surface area contributed by atoms with Crippen LogP contribution < -0.4 is 10.1 Å². The third-order valence-corrected chi connectivity index (χ3v) is 3.50. The average molecular weight is 250 g/mol. The van der Waals surface area contributed by atoms with Crippen LogP contribution in [0.2, 0.25) is 0 Å². The zero-order chi connectivity index (χ0) is 13.0. The van der Waals surface area contributed by atoms with E-state index in [9.17, 15) is 5.11 Å². The van der Waals surface area contributed by atoms with Crippen LogP contribution in [0.3, 0.4) is 0 Å². The van der Waals surface area contributed by atoms with E-state index in [0.717, 1.165) is 24.6 Å². The van der Waals surface area contributed by atoms with E-state index in [4.69, 9.17) is 4.74 Å². The highest BCUT2D eigenvalue weighted by Crippen LogP contribution is 2.26. The van der Waals surface area contributed by atoms with Gasteiger partial charge >= 0.3 is 0 Å². The minimum atomic E-state index is 0.193. The Kier molecular flexibility index (Phi) is 4.44. The van der Waals surface area contributed by atoms with Gasteiger partial charge in [-0.15, -0.1) is 0 Å². The fourth-order valence-electron chi connectivity index (χ4n) is 2.45. The SMILES string of the molecule is COc1cc(CNCC2CCN(C)C2)ccc1O. The summed E-state index contributed by atoms with van der Waals surface area (Å²) in [5, 5.41) is 13.0. The topological polar surface area (TPSA) is 44.7 Å². The van der Waals surface area contributed by atoms with Crippen molar-refractivity contribution in [3.8, 4) is 11.5 Å². The highest BCUT2D eigenvalue weighted by atomic mass is 16.5. The van der Waals surface area contributed by atoms with Gasteiger partial charge in [-0.05, 0) is 50.2 Å². The van der Waals surface area contributed by atoms with E-state index >= 15 is 0 Å². The fraction of sp³-hybridized carbons (Fsp3) is 0.571. The highest BCUT2D eigenvalue weighted by Gasteiger charge is 2.18. The molecule has 1 fully saturated rings. The summed E-state index contributed by atoms with van der Waals surface area (Å²) in [4.78, 5) is 2.37. The van der Waals surface area contributed by atoms with Gasteiger partial charge in [0, 0.05) is 13.1 Å². The molecule has 0 aliphatic carbocycles. The van der Waals surface area contributed by atoms with Gasteiger partial charge in [0.05, 0.1) is 7.11 Å². The van der Waals surface area contributed by atoms with Crippen LogP contribution in [-0.2, 0) is 6.54 Å². The molecule has 1 atom stereocenters. The first-order valence-electron chi connectivity index (χ1n) is 6.44. The summed E-state index contributed by atoms with van der Waals surface area (Å²) in [6.45, 7) is 4.26. The number of hydrogen-bond acceptors (Lipinski definition) is 4. The molecule has 4 nitrogen and oxygen atoms in total. The van der Waals surface area contributed by atoms with Crippen molar-refractivity contribution < 1.29 is 9.84 Å². The van der Waals surface area contributed by atoms with Crippen LogP contribution in [0.15, 0.2) is 18.2 Å². The lowest BCUT2D eigenvalue weighted by molar-refractivity contribution is 0.372. The first-order valence-corrected chi connectivity index (χ1v) is 6.44.